The highest BCUT2D eigenvalue weighted by atomic mass is 35.5. The molecule has 0 spiro atoms. The molecule has 1 amide bonds. The molecular weight excluding hydrogens is 352 g/mol. The Hall–Kier alpha value is -2.08. The zero-order chi connectivity index (χ0) is 17.5. The lowest BCUT2D eigenvalue weighted by molar-refractivity contribution is -0.124. The number of para-hydroxylation sites is 2. The number of rotatable bonds is 6. The maximum atomic E-state index is 12.4. The Morgan fingerprint density at radius 2 is 1.77 bits per heavy atom. The summed E-state index contributed by atoms with van der Waals surface area (Å²) in [6, 6.07) is 16.8. The van der Waals surface area contributed by atoms with Gasteiger partial charge in [-0.3, -0.25) is 4.79 Å². The smallest absolute Gasteiger partial charge is 0.237 e. The van der Waals surface area contributed by atoms with E-state index in [-0.39, 0.29) is 24.2 Å². The number of carbonyl (C=O) groups excluding carboxylic acids is 1. The van der Waals surface area contributed by atoms with Crippen molar-refractivity contribution in [3.05, 3.63) is 60.2 Å². The average molecular weight is 377 g/mol. The second-order valence-electron chi connectivity index (χ2n) is 6.22. The SMILES string of the molecule is Cl.NC(C(=O)NCc1ccccc1Oc1ccccc1)C1CCOCC1. The molecule has 0 aromatic heterocycles. The van der Waals surface area contributed by atoms with Crippen molar-refractivity contribution >= 4 is 18.3 Å². The summed E-state index contributed by atoms with van der Waals surface area (Å²) in [6.07, 6.45) is 1.67. The van der Waals surface area contributed by atoms with Crippen LogP contribution in [-0.2, 0) is 16.1 Å². The van der Waals surface area contributed by atoms with E-state index in [1.807, 2.05) is 54.6 Å². The maximum Gasteiger partial charge on any atom is 0.237 e. The van der Waals surface area contributed by atoms with Gasteiger partial charge in [0.15, 0.2) is 0 Å². The molecule has 1 fully saturated rings. The van der Waals surface area contributed by atoms with E-state index < -0.39 is 6.04 Å². The lowest BCUT2D eigenvalue weighted by Crippen LogP contribution is -2.46. The second kappa shape index (κ2) is 10.2. The number of nitrogens with one attached hydrogen (secondary N) is 1. The molecule has 1 atom stereocenters. The minimum atomic E-state index is -0.494. The molecular formula is C20H25ClN2O3. The molecule has 26 heavy (non-hydrogen) atoms. The highest BCUT2D eigenvalue weighted by molar-refractivity contribution is 5.85. The van der Waals surface area contributed by atoms with Crippen molar-refractivity contribution in [2.24, 2.45) is 11.7 Å². The van der Waals surface area contributed by atoms with Crippen LogP contribution < -0.4 is 15.8 Å². The highest BCUT2D eigenvalue weighted by Gasteiger charge is 2.26. The van der Waals surface area contributed by atoms with Gasteiger partial charge in [0.2, 0.25) is 5.91 Å². The number of nitrogens with two attached hydrogens (primary N) is 1. The van der Waals surface area contributed by atoms with Crippen LogP contribution in [0.4, 0.5) is 0 Å². The van der Waals surface area contributed by atoms with Crippen LogP contribution >= 0.6 is 12.4 Å². The van der Waals surface area contributed by atoms with Crippen LogP contribution in [0.5, 0.6) is 11.5 Å². The molecule has 2 aromatic carbocycles. The lowest BCUT2D eigenvalue weighted by atomic mass is 9.92. The van der Waals surface area contributed by atoms with Crippen molar-refractivity contribution in [1.29, 1.82) is 0 Å². The third-order valence-corrected chi connectivity index (χ3v) is 4.47. The molecule has 1 unspecified atom stereocenters. The van der Waals surface area contributed by atoms with Crippen LogP contribution in [0.2, 0.25) is 0 Å². The fourth-order valence-corrected chi connectivity index (χ4v) is 2.95. The Morgan fingerprint density at radius 1 is 1.12 bits per heavy atom. The van der Waals surface area contributed by atoms with Gasteiger partial charge in [0.25, 0.3) is 0 Å². The van der Waals surface area contributed by atoms with Crippen molar-refractivity contribution in [3.63, 3.8) is 0 Å². The van der Waals surface area contributed by atoms with E-state index in [4.69, 9.17) is 15.2 Å². The Labute approximate surface area is 160 Å². The number of hydrogen-bond acceptors (Lipinski definition) is 4. The molecule has 1 aliphatic rings. The number of ether oxygens (including phenoxy) is 2. The first-order valence-electron chi connectivity index (χ1n) is 8.66. The van der Waals surface area contributed by atoms with Crippen LogP contribution in [-0.4, -0.2) is 25.2 Å². The Balaban J connectivity index is 0.00000243. The van der Waals surface area contributed by atoms with Crippen LogP contribution in [0.25, 0.3) is 0 Å². The summed E-state index contributed by atoms with van der Waals surface area (Å²) >= 11 is 0. The summed E-state index contributed by atoms with van der Waals surface area (Å²) < 4.78 is 11.2. The molecule has 1 heterocycles. The fourth-order valence-electron chi connectivity index (χ4n) is 2.95. The van der Waals surface area contributed by atoms with Gasteiger partial charge in [0.1, 0.15) is 11.5 Å². The summed E-state index contributed by atoms with van der Waals surface area (Å²) in [5.74, 6) is 1.56. The number of hydrogen-bond donors (Lipinski definition) is 2. The maximum absolute atomic E-state index is 12.4. The van der Waals surface area contributed by atoms with Gasteiger partial charge in [-0.2, -0.15) is 0 Å². The highest BCUT2D eigenvalue weighted by Crippen LogP contribution is 2.25. The van der Waals surface area contributed by atoms with Crippen molar-refractivity contribution in [3.8, 4) is 11.5 Å². The third kappa shape index (κ3) is 5.46. The second-order valence-corrected chi connectivity index (χ2v) is 6.22. The molecule has 0 radical (unpaired) electrons. The Morgan fingerprint density at radius 3 is 2.50 bits per heavy atom. The van der Waals surface area contributed by atoms with Crippen molar-refractivity contribution < 1.29 is 14.3 Å². The number of carbonyl (C=O) groups is 1. The molecule has 0 bridgehead atoms. The largest absolute Gasteiger partial charge is 0.457 e. The van der Waals surface area contributed by atoms with Gasteiger partial charge in [-0.25, -0.2) is 0 Å². The first-order chi connectivity index (χ1) is 12.2. The van der Waals surface area contributed by atoms with Gasteiger partial charge >= 0.3 is 0 Å². The van der Waals surface area contributed by atoms with Gasteiger partial charge < -0.3 is 20.5 Å². The van der Waals surface area contributed by atoms with Gasteiger partial charge in [0.05, 0.1) is 6.04 Å². The average Bonchev–Trinajstić information content (AvgIpc) is 2.68. The van der Waals surface area contributed by atoms with Crippen LogP contribution in [0, 0.1) is 5.92 Å². The van der Waals surface area contributed by atoms with E-state index >= 15 is 0 Å². The monoisotopic (exact) mass is 376 g/mol. The summed E-state index contributed by atoms with van der Waals surface area (Å²) in [6.45, 7) is 1.75. The molecule has 6 heteroatoms. The predicted octanol–water partition coefficient (Wildman–Crippen LogP) is 3.27. The topological polar surface area (TPSA) is 73.6 Å². The third-order valence-electron chi connectivity index (χ3n) is 4.47. The molecule has 3 rings (SSSR count). The van der Waals surface area contributed by atoms with E-state index in [0.717, 1.165) is 29.9 Å². The normalized spacial score (nSPS) is 15.6. The van der Waals surface area contributed by atoms with Crippen LogP contribution in [0.15, 0.2) is 54.6 Å². The molecule has 140 valence electrons. The van der Waals surface area contributed by atoms with Gasteiger partial charge in [-0.1, -0.05) is 36.4 Å². The van der Waals surface area contributed by atoms with E-state index in [9.17, 15) is 4.79 Å². The molecule has 0 aliphatic carbocycles. The fraction of sp³-hybridized carbons (Fsp3) is 0.350. The van der Waals surface area contributed by atoms with Crippen LogP contribution in [0.1, 0.15) is 18.4 Å². The van der Waals surface area contributed by atoms with Crippen molar-refractivity contribution in [2.75, 3.05) is 13.2 Å². The van der Waals surface area contributed by atoms with Crippen molar-refractivity contribution in [2.45, 2.75) is 25.4 Å². The zero-order valence-electron chi connectivity index (χ0n) is 14.6. The minimum absolute atomic E-state index is 0. The summed E-state index contributed by atoms with van der Waals surface area (Å²) in [7, 11) is 0. The van der Waals surface area contributed by atoms with E-state index in [0.29, 0.717) is 19.8 Å². The van der Waals surface area contributed by atoms with Crippen molar-refractivity contribution in [1.82, 2.24) is 5.32 Å². The quantitative estimate of drug-likeness (QED) is 0.811. The van der Waals surface area contributed by atoms with Crippen LogP contribution in [0.3, 0.4) is 0 Å². The van der Waals surface area contributed by atoms with E-state index in [1.165, 1.54) is 0 Å². The molecule has 2 aromatic rings. The molecule has 0 saturated carbocycles. The Kier molecular flexibility index (Phi) is 7.91. The van der Waals surface area contributed by atoms with Gasteiger partial charge in [-0.15, -0.1) is 12.4 Å². The lowest BCUT2D eigenvalue weighted by Gasteiger charge is -2.26. The molecule has 3 N–H and O–H groups in total. The summed E-state index contributed by atoms with van der Waals surface area (Å²) in [4.78, 5) is 12.4. The summed E-state index contributed by atoms with van der Waals surface area (Å²) in [5, 5.41) is 2.94. The standard InChI is InChI=1S/C20H24N2O3.ClH/c21-19(15-10-12-24-13-11-15)20(23)22-14-16-6-4-5-9-18(16)25-17-7-2-1-3-8-17;/h1-9,15,19H,10-14,21H2,(H,22,23);1H. The van der Waals surface area contributed by atoms with E-state index in [1.54, 1.807) is 0 Å². The predicted molar refractivity (Wildman–Crippen MR) is 104 cm³/mol. The first kappa shape index (κ1) is 20.2. The molecule has 5 nitrogen and oxygen atoms in total. The number of amides is 1. The summed E-state index contributed by atoms with van der Waals surface area (Å²) in [5.41, 5.74) is 7.03. The van der Waals surface area contributed by atoms with Gasteiger partial charge in [-0.05, 0) is 37.0 Å². The van der Waals surface area contributed by atoms with E-state index in [2.05, 4.69) is 5.32 Å². The zero-order valence-corrected chi connectivity index (χ0v) is 15.4. The number of benzene rings is 2. The van der Waals surface area contributed by atoms with Gasteiger partial charge in [0, 0.05) is 25.3 Å². The molecule has 1 aliphatic heterocycles. The minimum Gasteiger partial charge on any atom is -0.457 e. The number of halogens is 1. The Bertz CT molecular complexity index is 690. The molecule has 1 saturated heterocycles. The first-order valence-corrected chi connectivity index (χ1v) is 8.66.